The third kappa shape index (κ3) is 5.95. The van der Waals surface area contributed by atoms with Gasteiger partial charge >= 0.3 is 0 Å². The Hall–Kier alpha value is -0.180. The summed E-state index contributed by atoms with van der Waals surface area (Å²) in [5, 5.41) is 2.99. The molecular weight excluding hydrogens is 136 g/mol. The van der Waals surface area contributed by atoms with Crippen LogP contribution >= 0.6 is 0 Å². The Morgan fingerprint density at radius 2 is 1.70 bits per heavy atom. The number of alkyl halides is 2. The monoisotopic (exact) mass is 151 g/mol. The van der Waals surface area contributed by atoms with Gasteiger partial charge in [-0.15, -0.1) is 0 Å². The normalized spacial score (nSPS) is 14.7. The highest BCUT2D eigenvalue weighted by Crippen LogP contribution is 2.03. The second-order valence-electron chi connectivity index (χ2n) is 2.85. The average molecular weight is 151 g/mol. The van der Waals surface area contributed by atoms with Gasteiger partial charge in [-0.3, -0.25) is 0 Å². The minimum atomic E-state index is -2.19. The van der Waals surface area contributed by atoms with E-state index in [1.54, 1.807) is 6.92 Å². The van der Waals surface area contributed by atoms with Crippen LogP contribution < -0.4 is 5.32 Å². The molecule has 1 N–H and O–H groups in total. The molecule has 1 unspecified atom stereocenters. The Kier molecular flexibility index (Phi) is 4.52. The largest absolute Gasteiger partial charge is 0.312 e. The summed E-state index contributed by atoms with van der Waals surface area (Å²) in [5.74, 6) is 0. The molecule has 0 saturated carbocycles. The minimum absolute atomic E-state index is 0.0574. The van der Waals surface area contributed by atoms with Crippen molar-refractivity contribution in [1.82, 2.24) is 5.32 Å². The van der Waals surface area contributed by atoms with Crippen molar-refractivity contribution >= 4 is 0 Å². The second-order valence-corrected chi connectivity index (χ2v) is 2.85. The fourth-order valence-electron chi connectivity index (χ4n) is 0.904. The molecule has 0 bridgehead atoms. The fourth-order valence-corrected chi connectivity index (χ4v) is 0.904. The highest BCUT2D eigenvalue weighted by atomic mass is 19.3. The maximum Gasteiger partial charge on any atom is 0.240 e. The van der Waals surface area contributed by atoms with E-state index in [4.69, 9.17) is 0 Å². The zero-order chi connectivity index (χ0) is 8.15. The lowest BCUT2D eigenvalue weighted by atomic mass is 10.2. The molecule has 0 aromatic carbocycles. The van der Waals surface area contributed by atoms with Gasteiger partial charge in [0.25, 0.3) is 0 Å². The average Bonchev–Trinajstić information content (AvgIpc) is 1.58. The van der Waals surface area contributed by atoms with Crippen LogP contribution in [0, 0.1) is 0 Å². The molecule has 0 heterocycles. The molecule has 0 aromatic heterocycles. The van der Waals surface area contributed by atoms with E-state index in [1.807, 2.05) is 13.8 Å². The van der Waals surface area contributed by atoms with Gasteiger partial charge in [0, 0.05) is 18.5 Å². The van der Waals surface area contributed by atoms with Crippen molar-refractivity contribution in [2.24, 2.45) is 0 Å². The van der Waals surface area contributed by atoms with E-state index in [0.717, 1.165) is 0 Å². The van der Waals surface area contributed by atoms with Crippen LogP contribution in [0.1, 0.15) is 27.2 Å². The van der Waals surface area contributed by atoms with Crippen molar-refractivity contribution < 1.29 is 8.78 Å². The first-order valence-corrected chi connectivity index (χ1v) is 3.56. The van der Waals surface area contributed by atoms with Crippen LogP contribution in [0.5, 0.6) is 0 Å². The summed E-state index contributed by atoms with van der Waals surface area (Å²) >= 11 is 0. The maximum atomic E-state index is 11.7. The van der Waals surface area contributed by atoms with Crippen LogP contribution in [0.25, 0.3) is 0 Å². The first kappa shape index (κ1) is 9.82. The Balaban J connectivity index is 3.34. The topological polar surface area (TPSA) is 12.0 Å². The molecule has 0 aliphatic heterocycles. The van der Waals surface area contributed by atoms with E-state index in [1.165, 1.54) is 0 Å². The van der Waals surface area contributed by atoms with Crippen molar-refractivity contribution in [3.8, 4) is 0 Å². The summed E-state index contributed by atoms with van der Waals surface area (Å²) in [5.41, 5.74) is 0. The van der Waals surface area contributed by atoms with Crippen LogP contribution in [0.15, 0.2) is 0 Å². The van der Waals surface area contributed by atoms with Crippen molar-refractivity contribution in [2.75, 3.05) is 0 Å². The van der Waals surface area contributed by atoms with Crippen molar-refractivity contribution in [1.29, 1.82) is 0 Å². The Bertz CT molecular complexity index is 73.7. The third-order valence-corrected chi connectivity index (χ3v) is 1.15. The molecule has 0 rings (SSSR count). The number of hydrogen-bond acceptors (Lipinski definition) is 1. The van der Waals surface area contributed by atoms with Gasteiger partial charge in [0.1, 0.15) is 0 Å². The van der Waals surface area contributed by atoms with Gasteiger partial charge < -0.3 is 5.32 Å². The summed E-state index contributed by atoms with van der Waals surface area (Å²) in [4.78, 5) is 0. The Morgan fingerprint density at radius 1 is 1.20 bits per heavy atom. The second kappa shape index (κ2) is 4.61. The molecule has 0 spiro atoms. The van der Waals surface area contributed by atoms with Gasteiger partial charge in [0.05, 0.1) is 0 Å². The summed E-state index contributed by atoms with van der Waals surface area (Å²) in [7, 11) is 0. The molecule has 1 nitrogen and oxygen atoms in total. The van der Waals surface area contributed by atoms with Gasteiger partial charge in [0.15, 0.2) is 0 Å². The lowest BCUT2D eigenvalue weighted by Gasteiger charge is -2.15. The zero-order valence-electron chi connectivity index (χ0n) is 6.70. The first-order chi connectivity index (χ1) is 4.52. The van der Waals surface area contributed by atoms with Crippen LogP contribution in [-0.4, -0.2) is 18.5 Å². The van der Waals surface area contributed by atoms with Crippen molar-refractivity contribution in [3.63, 3.8) is 0 Å². The van der Waals surface area contributed by atoms with Crippen LogP contribution in [-0.2, 0) is 0 Å². The molecule has 0 aromatic rings. The predicted molar refractivity (Wildman–Crippen MR) is 38.4 cm³/mol. The minimum Gasteiger partial charge on any atom is -0.312 e. The number of halogens is 2. The number of rotatable bonds is 4. The summed E-state index contributed by atoms with van der Waals surface area (Å²) in [6.07, 6.45) is -2.25. The quantitative estimate of drug-likeness (QED) is 0.648. The molecule has 1 atom stereocenters. The van der Waals surface area contributed by atoms with Crippen molar-refractivity contribution in [2.45, 2.75) is 45.7 Å². The molecule has 0 radical (unpaired) electrons. The molecule has 0 fully saturated rings. The van der Waals surface area contributed by atoms with E-state index in [2.05, 4.69) is 5.32 Å². The Morgan fingerprint density at radius 3 is 2.00 bits per heavy atom. The van der Waals surface area contributed by atoms with E-state index < -0.39 is 6.43 Å². The molecule has 0 saturated heterocycles. The highest BCUT2D eigenvalue weighted by Gasteiger charge is 2.09. The number of nitrogens with one attached hydrogen (secondary N) is 1. The molecule has 10 heavy (non-hydrogen) atoms. The van der Waals surface area contributed by atoms with Gasteiger partial charge in [-0.2, -0.15) is 0 Å². The smallest absolute Gasteiger partial charge is 0.240 e. The van der Waals surface area contributed by atoms with E-state index >= 15 is 0 Å². The van der Waals surface area contributed by atoms with Gasteiger partial charge in [0.2, 0.25) is 6.43 Å². The molecule has 0 amide bonds. The molecular formula is C7H15F2N. The standard InChI is InChI=1S/C7H15F2N/c1-5(2)10-6(3)4-7(8)9/h5-7,10H,4H2,1-3H3. The highest BCUT2D eigenvalue weighted by molar-refractivity contribution is 4.64. The molecule has 0 aliphatic rings. The van der Waals surface area contributed by atoms with Crippen LogP contribution in [0.2, 0.25) is 0 Å². The number of hydrogen-bond donors (Lipinski definition) is 1. The van der Waals surface area contributed by atoms with E-state index in [0.29, 0.717) is 0 Å². The SMILES string of the molecule is CC(C)NC(C)CC(F)F. The molecule has 0 aliphatic carbocycles. The van der Waals surface area contributed by atoms with Crippen LogP contribution in [0.3, 0.4) is 0 Å². The fraction of sp³-hybridized carbons (Fsp3) is 1.00. The molecule has 62 valence electrons. The lowest BCUT2D eigenvalue weighted by molar-refractivity contribution is 0.123. The lowest BCUT2D eigenvalue weighted by Crippen LogP contribution is -2.33. The maximum absolute atomic E-state index is 11.7. The van der Waals surface area contributed by atoms with Crippen LogP contribution in [0.4, 0.5) is 8.78 Å². The summed E-state index contributed by atoms with van der Waals surface area (Å²) in [6.45, 7) is 5.66. The molecule has 3 heteroatoms. The van der Waals surface area contributed by atoms with Gasteiger partial charge in [-0.1, -0.05) is 13.8 Å². The predicted octanol–water partition coefficient (Wildman–Crippen LogP) is 2.03. The van der Waals surface area contributed by atoms with Crippen molar-refractivity contribution in [3.05, 3.63) is 0 Å². The third-order valence-electron chi connectivity index (χ3n) is 1.15. The zero-order valence-corrected chi connectivity index (χ0v) is 6.70. The summed E-state index contributed by atoms with van der Waals surface area (Å²) < 4.78 is 23.4. The van der Waals surface area contributed by atoms with E-state index in [9.17, 15) is 8.78 Å². The Labute approximate surface area is 60.8 Å². The van der Waals surface area contributed by atoms with Gasteiger partial charge in [-0.05, 0) is 6.92 Å². The van der Waals surface area contributed by atoms with Gasteiger partial charge in [-0.25, -0.2) is 8.78 Å². The first-order valence-electron chi connectivity index (χ1n) is 3.56. The van der Waals surface area contributed by atoms with E-state index in [-0.39, 0.29) is 18.5 Å². The summed E-state index contributed by atoms with van der Waals surface area (Å²) in [6, 6.07) is 0.203.